The molecule has 1 amide bonds. The number of carbonyl (C=O) groups is 1. The van der Waals surface area contributed by atoms with Gasteiger partial charge in [-0.3, -0.25) is 10.2 Å². The second-order valence-corrected chi connectivity index (χ2v) is 6.89. The minimum Gasteiger partial charge on any atom is -0.353 e. The van der Waals surface area contributed by atoms with Crippen molar-refractivity contribution in [2.45, 2.75) is 24.5 Å². The van der Waals surface area contributed by atoms with Crippen molar-refractivity contribution in [3.05, 3.63) is 35.4 Å². The summed E-state index contributed by atoms with van der Waals surface area (Å²) in [5, 5.41) is 6.15. The molecular formula is C17H25F2N5O. The highest BCUT2D eigenvalue weighted by molar-refractivity contribution is 5.82. The molecule has 2 aliphatic heterocycles. The molecule has 0 bridgehead atoms. The first kappa shape index (κ1) is 18.2. The molecule has 6 nitrogen and oxygen atoms in total. The third kappa shape index (κ3) is 3.82. The largest absolute Gasteiger partial charge is 0.353 e. The standard InChI is InChI=1S/C17H25F2N5O/c1-24(2)14(15-11(18)4-3-5-12(15)19)9-21-17(25)16-10-8-20-7-6-13(10)22-23-16/h3-5,10,13-14,16,20,22-23H,6-9H2,1-2H3,(H,21,25). The van der Waals surface area contributed by atoms with E-state index in [4.69, 9.17) is 0 Å². The number of rotatable bonds is 5. The Kier molecular flexibility index (Phi) is 5.63. The number of carbonyl (C=O) groups excluding carboxylic acids is 1. The van der Waals surface area contributed by atoms with E-state index in [1.807, 2.05) is 0 Å². The smallest absolute Gasteiger partial charge is 0.238 e. The highest BCUT2D eigenvalue weighted by atomic mass is 19.1. The van der Waals surface area contributed by atoms with Crippen molar-refractivity contribution in [2.75, 3.05) is 33.7 Å². The van der Waals surface area contributed by atoms with Gasteiger partial charge in [0.2, 0.25) is 5.91 Å². The summed E-state index contributed by atoms with van der Waals surface area (Å²) in [5.41, 5.74) is 6.19. The van der Waals surface area contributed by atoms with Crippen LogP contribution in [0.5, 0.6) is 0 Å². The van der Waals surface area contributed by atoms with Crippen LogP contribution in [0.4, 0.5) is 8.78 Å². The zero-order chi connectivity index (χ0) is 18.0. The molecule has 1 aromatic carbocycles. The number of nitrogens with zero attached hydrogens (tertiary/aromatic N) is 1. The van der Waals surface area contributed by atoms with E-state index in [9.17, 15) is 13.6 Å². The number of benzene rings is 1. The quantitative estimate of drug-likeness (QED) is 0.606. The van der Waals surface area contributed by atoms with Gasteiger partial charge in [-0.2, -0.15) is 0 Å². The van der Waals surface area contributed by atoms with E-state index in [2.05, 4.69) is 21.5 Å². The van der Waals surface area contributed by atoms with E-state index < -0.39 is 17.7 Å². The van der Waals surface area contributed by atoms with Crippen LogP contribution < -0.4 is 21.5 Å². The molecule has 4 unspecified atom stereocenters. The van der Waals surface area contributed by atoms with Crippen LogP contribution in [0, 0.1) is 17.6 Å². The summed E-state index contributed by atoms with van der Waals surface area (Å²) in [6.07, 6.45) is 0.961. The third-order valence-electron chi connectivity index (χ3n) is 5.09. The van der Waals surface area contributed by atoms with Crippen LogP contribution in [-0.2, 0) is 4.79 Å². The predicted molar refractivity (Wildman–Crippen MR) is 90.6 cm³/mol. The maximum atomic E-state index is 14.1. The normalized spacial score (nSPS) is 27.2. The first-order valence-electron chi connectivity index (χ1n) is 8.59. The van der Waals surface area contributed by atoms with Crippen molar-refractivity contribution in [1.29, 1.82) is 0 Å². The van der Waals surface area contributed by atoms with Crippen molar-refractivity contribution < 1.29 is 13.6 Å². The van der Waals surface area contributed by atoms with Gasteiger partial charge in [0.05, 0.1) is 6.04 Å². The number of amides is 1. The molecule has 0 saturated carbocycles. The van der Waals surface area contributed by atoms with Crippen molar-refractivity contribution in [1.82, 2.24) is 26.4 Å². The van der Waals surface area contributed by atoms with Gasteiger partial charge in [0.15, 0.2) is 0 Å². The fourth-order valence-electron chi connectivity index (χ4n) is 3.65. The van der Waals surface area contributed by atoms with E-state index in [1.54, 1.807) is 19.0 Å². The fraction of sp³-hybridized carbons (Fsp3) is 0.588. The Morgan fingerprint density at radius 3 is 2.72 bits per heavy atom. The van der Waals surface area contributed by atoms with Gasteiger partial charge in [0, 0.05) is 30.6 Å². The number of likely N-dealkylation sites (N-methyl/N-ethyl adjacent to an activating group) is 1. The predicted octanol–water partition coefficient (Wildman–Crippen LogP) is 0.138. The van der Waals surface area contributed by atoms with Crippen molar-refractivity contribution in [3.63, 3.8) is 0 Å². The lowest BCUT2D eigenvalue weighted by molar-refractivity contribution is -0.124. The fourth-order valence-corrected chi connectivity index (χ4v) is 3.65. The molecule has 3 rings (SSSR count). The summed E-state index contributed by atoms with van der Waals surface area (Å²) in [4.78, 5) is 14.3. The maximum Gasteiger partial charge on any atom is 0.238 e. The molecule has 8 heteroatoms. The van der Waals surface area contributed by atoms with Gasteiger partial charge in [0.1, 0.15) is 17.7 Å². The zero-order valence-electron chi connectivity index (χ0n) is 14.5. The van der Waals surface area contributed by atoms with Gasteiger partial charge in [-0.1, -0.05) is 6.07 Å². The lowest BCUT2D eigenvalue weighted by atomic mass is 9.89. The molecule has 0 spiro atoms. The van der Waals surface area contributed by atoms with E-state index in [0.29, 0.717) is 0 Å². The maximum absolute atomic E-state index is 14.1. The molecule has 2 heterocycles. The van der Waals surface area contributed by atoms with Gasteiger partial charge >= 0.3 is 0 Å². The summed E-state index contributed by atoms with van der Waals surface area (Å²) in [6, 6.07) is 3.13. The second kappa shape index (κ2) is 7.74. The highest BCUT2D eigenvalue weighted by Crippen LogP contribution is 2.24. The molecule has 25 heavy (non-hydrogen) atoms. The Balaban J connectivity index is 1.67. The second-order valence-electron chi connectivity index (χ2n) is 6.89. The van der Waals surface area contributed by atoms with Crippen LogP contribution in [-0.4, -0.2) is 56.6 Å². The third-order valence-corrected chi connectivity index (χ3v) is 5.09. The van der Waals surface area contributed by atoms with Crippen molar-refractivity contribution in [3.8, 4) is 0 Å². The number of piperidine rings is 1. The molecule has 0 aromatic heterocycles. The number of fused-ring (bicyclic) bond motifs is 1. The number of nitrogens with one attached hydrogen (secondary N) is 4. The van der Waals surface area contributed by atoms with Crippen molar-refractivity contribution in [2.24, 2.45) is 5.92 Å². The molecule has 0 aliphatic carbocycles. The van der Waals surface area contributed by atoms with E-state index in [1.165, 1.54) is 18.2 Å². The Hall–Kier alpha value is -1.61. The van der Waals surface area contributed by atoms with Crippen LogP contribution >= 0.6 is 0 Å². The SMILES string of the molecule is CN(C)C(CNC(=O)C1NNC2CCNCC21)c1c(F)cccc1F. The highest BCUT2D eigenvalue weighted by Gasteiger charge is 2.41. The summed E-state index contributed by atoms with van der Waals surface area (Å²) >= 11 is 0. The zero-order valence-corrected chi connectivity index (χ0v) is 14.5. The Bertz CT molecular complexity index is 607. The van der Waals surface area contributed by atoms with Crippen LogP contribution in [0.3, 0.4) is 0 Å². The lowest BCUT2D eigenvalue weighted by Gasteiger charge is -2.29. The minimum absolute atomic E-state index is 0.0254. The number of hydrogen-bond acceptors (Lipinski definition) is 5. The van der Waals surface area contributed by atoms with Gasteiger partial charge in [-0.05, 0) is 39.2 Å². The van der Waals surface area contributed by atoms with Crippen LogP contribution in [0.2, 0.25) is 0 Å². The van der Waals surface area contributed by atoms with E-state index >= 15 is 0 Å². The summed E-state index contributed by atoms with van der Waals surface area (Å²) in [7, 11) is 3.47. The summed E-state index contributed by atoms with van der Waals surface area (Å²) in [5.74, 6) is -1.21. The first-order chi connectivity index (χ1) is 12.0. The molecule has 4 N–H and O–H groups in total. The van der Waals surface area contributed by atoms with Crippen LogP contribution in [0.15, 0.2) is 18.2 Å². The number of halogens is 2. The number of hydrazine groups is 1. The molecule has 0 radical (unpaired) electrons. The average Bonchev–Trinajstić information content (AvgIpc) is 3.01. The molecule has 2 fully saturated rings. The van der Waals surface area contributed by atoms with Crippen LogP contribution in [0.25, 0.3) is 0 Å². The minimum atomic E-state index is -0.606. The Labute approximate surface area is 146 Å². The van der Waals surface area contributed by atoms with Gasteiger partial charge in [-0.25, -0.2) is 14.2 Å². The molecule has 1 aromatic rings. The molecule has 2 saturated heterocycles. The first-order valence-corrected chi connectivity index (χ1v) is 8.59. The Morgan fingerprint density at radius 2 is 2.04 bits per heavy atom. The molecule has 2 aliphatic rings. The lowest BCUT2D eigenvalue weighted by Crippen LogP contribution is -2.50. The Morgan fingerprint density at radius 1 is 1.32 bits per heavy atom. The van der Waals surface area contributed by atoms with E-state index in [0.717, 1.165) is 19.5 Å². The number of hydrogen-bond donors (Lipinski definition) is 4. The van der Waals surface area contributed by atoms with Gasteiger partial charge in [0.25, 0.3) is 0 Å². The topological polar surface area (TPSA) is 68.4 Å². The monoisotopic (exact) mass is 353 g/mol. The van der Waals surface area contributed by atoms with Crippen molar-refractivity contribution >= 4 is 5.91 Å². The van der Waals surface area contributed by atoms with Gasteiger partial charge < -0.3 is 15.5 Å². The molecule has 138 valence electrons. The summed E-state index contributed by atoms with van der Waals surface area (Å²) in [6.45, 7) is 1.83. The average molecular weight is 353 g/mol. The molecule has 4 atom stereocenters. The van der Waals surface area contributed by atoms with Crippen LogP contribution in [0.1, 0.15) is 18.0 Å². The summed E-state index contributed by atoms with van der Waals surface area (Å²) < 4.78 is 28.2. The van der Waals surface area contributed by atoms with E-state index in [-0.39, 0.29) is 36.0 Å². The van der Waals surface area contributed by atoms with Gasteiger partial charge in [-0.15, -0.1) is 0 Å². The molecular weight excluding hydrogens is 328 g/mol.